The second-order valence-electron chi connectivity index (χ2n) is 5.95. The Hall–Kier alpha value is -2.49. The maximum absolute atomic E-state index is 11.8. The Morgan fingerprint density at radius 1 is 0.913 bits per heavy atom. The first-order valence-electron chi connectivity index (χ1n) is 7.84. The van der Waals surface area contributed by atoms with Crippen LogP contribution in [-0.2, 0) is 0 Å². The standard InChI is InChI=1S/C19H23NO3/c1-14(2)13-15(3)20-19(21)23-18-11-9-17(10-12-18)22-16-7-5-4-6-8-16/h4-12,14-15H,13H2,1-3H3,(H,20,21). The lowest BCUT2D eigenvalue weighted by molar-refractivity contribution is 0.195. The summed E-state index contributed by atoms with van der Waals surface area (Å²) >= 11 is 0. The van der Waals surface area contributed by atoms with Gasteiger partial charge in [0.2, 0.25) is 0 Å². The molecule has 1 unspecified atom stereocenters. The van der Waals surface area contributed by atoms with E-state index in [0.717, 1.165) is 12.2 Å². The highest BCUT2D eigenvalue weighted by Crippen LogP contribution is 2.23. The van der Waals surface area contributed by atoms with Gasteiger partial charge in [-0.3, -0.25) is 0 Å². The minimum absolute atomic E-state index is 0.0863. The Morgan fingerprint density at radius 3 is 2.09 bits per heavy atom. The Balaban J connectivity index is 1.86. The van der Waals surface area contributed by atoms with Crippen LogP contribution in [0.25, 0.3) is 0 Å². The van der Waals surface area contributed by atoms with Crippen molar-refractivity contribution in [3.63, 3.8) is 0 Å². The van der Waals surface area contributed by atoms with Crippen molar-refractivity contribution in [3.8, 4) is 17.2 Å². The van der Waals surface area contributed by atoms with E-state index in [0.29, 0.717) is 17.4 Å². The van der Waals surface area contributed by atoms with E-state index in [2.05, 4.69) is 19.2 Å². The third-order valence-corrected chi connectivity index (χ3v) is 3.20. The van der Waals surface area contributed by atoms with Gasteiger partial charge in [0.25, 0.3) is 0 Å². The number of rotatable bonds is 6. The molecule has 4 nitrogen and oxygen atoms in total. The molecule has 122 valence electrons. The second-order valence-corrected chi connectivity index (χ2v) is 5.95. The molecule has 4 heteroatoms. The highest BCUT2D eigenvalue weighted by molar-refractivity contribution is 5.70. The van der Waals surface area contributed by atoms with Crippen molar-refractivity contribution < 1.29 is 14.3 Å². The zero-order valence-electron chi connectivity index (χ0n) is 13.8. The highest BCUT2D eigenvalue weighted by Gasteiger charge is 2.10. The van der Waals surface area contributed by atoms with Crippen molar-refractivity contribution in [3.05, 3.63) is 54.6 Å². The fourth-order valence-corrected chi connectivity index (χ4v) is 2.30. The van der Waals surface area contributed by atoms with Gasteiger partial charge in [-0.2, -0.15) is 0 Å². The minimum atomic E-state index is -0.435. The highest BCUT2D eigenvalue weighted by atomic mass is 16.6. The molecule has 0 radical (unpaired) electrons. The molecule has 1 amide bonds. The predicted octanol–water partition coefficient (Wildman–Crippen LogP) is 5.00. The number of amides is 1. The van der Waals surface area contributed by atoms with Crippen molar-refractivity contribution in [2.24, 2.45) is 5.92 Å². The fourth-order valence-electron chi connectivity index (χ4n) is 2.30. The quantitative estimate of drug-likeness (QED) is 0.816. The number of benzene rings is 2. The molecule has 1 N–H and O–H groups in total. The van der Waals surface area contributed by atoms with Gasteiger partial charge in [-0.15, -0.1) is 0 Å². The first-order chi connectivity index (χ1) is 11.0. The zero-order chi connectivity index (χ0) is 16.7. The summed E-state index contributed by atoms with van der Waals surface area (Å²) in [5.74, 6) is 2.47. The van der Waals surface area contributed by atoms with Crippen LogP contribution in [0.3, 0.4) is 0 Å². The molecule has 0 saturated heterocycles. The van der Waals surface area contributed by atoms with Gasteiger partial charge in [0.05, 0.1) is 0 Å². The number of para-hydroxylation sites is 1. The van der Waals surface area contributed by atoms with Crippen molar-refractivity contribution >= 4 is 6.09 Å². The largest absolute Gasteiger partial charge is 0.457 e. The molecule has 0 fully saturated rings. The fraction of sp³-hybridized carbons (Fsp3) is 0.316. The molecule has 0 spiro atoms. The van der Waals surface area contributed by atoms with Gasteiger partial charge in [-0.05, 0) is 55.7 Å². The topological polar surface area (TPSA) is 47.6 Å². The summed E-state index contributed by atoms with van der Waals surface area (Å²) in [6.45, 7) is 6.21. The number of carbonyl (C=O) groups is 1. The molecule has 0 heterocycles. The number of hydrogen-bond acceptors (Lipinski definition) is 3. The molecule has 2 aromatic rings. The number of nitrogens with one attached hydrogen (secondary N) is 1. The van der Waals surface area contributed by atoms with E-state index in [9.17, 15) is 4.79 Å². The van der Waals surface area contributed by atoms with Gasteiger partial charge in [-0.1, -0.05) is 32.0 Å². The van der Waals surface area contributed by atoms with Crippen LogP contribution in [0.1, 0.15) is 27.2 Å². The Morgan fingerprint density at radius 2 is 1.48 bits per heavy atom. The van der Waals surface area contributed by atoms with Crippen LogP contribution < -0.4 is 14.8 Å². The molecule has 23 heavy (non-hydrogen) atoms. The monoisotopic (exact) mass is 313 g/mol. The summed E-state index contributed by atoms with van der Waals surface area (Å²) in [4.78, 5) is 11.8. The molecule has 0 saturated carbocycles. The van der Waals surface area contributed by atoms with Crippen LogP contribution >= 0.6 is 0 Å². The zero-order valence-corrected chi connectivity index (χ0v) is 13.8. The third kappa shape index (κ3) is 6.02. The first kappa shape index (κ1) is 16.9. The molecular weight excluding hydrogens is 290 g/mol. The number of hydrogen-bond donors (Lipinski definition) is 1. The van der Waals surface area contributed by atoms with Crippen LogP contribution in [0.4, 0.5) is 4.79 Å². The summed E-state index contributed by atoms with van der Waals surface area (Å²) < 4.78 is 11.0. The first-order valence-corrected chi connectivity index (χ1v) is 7.84. The maximum Gasteiger partial charge on any atom is 0.412 e. The van der Waals surface area contributed by atoms with E-state index in [1.165, 1.54) is 0 Å². The van der Waals surface area contributed by atoms with Gasteiger partial charge in [0.15, 0.2) is 0 Å². The Bertz CT molecular complexity index is 608. The van der Waals surface area contributed by atoms with Gasteiger partial charge in [-0.25, -0.2) is 4.79 Å². The maximum atomic E-state index is 11.8. The molecule has 0 aromatic heterocycles. The van der Waals surface area contributed by atoms with Crippen molar-refractivity contribution in [2.75, 3.05) is 0 Å². The van der Waals surface area contributed by atoms with Gasteiger partial charge in [0.1, 0.15) is 17.2 Å². The lowest BCUT2D eigenvalue weighted by Gasteiger charge is -2.15. The molecular formula is C19H23NO3. The normalized spacial score (nSPS) is 11.8. The lowest BCUT2D eigenvalue weighted by atomic mass is 10.1. The van der Waals surface area contributed by atoms with E-state index in [4.69, 9.17) is 9.47 Å². The van der Waals surface area contributed by atoms with Crippen LogP contribution in [0.2, 0.25) is 0 Å². The molecule has 0 aliphatic rings. The minimum Gasteiger partial charge on any atom is -0.457 e. The van der Waals surface area contributed by atoms with E-state index in [-0.39, 0.29) is 6.04 Å². The summed E-state index contributed by atoms with van der Waals surface area (Å²) in [5.41, 5.74) is 0. The van der Waals surface area contributed by atoms with Crippen LogP contribution in [0.15, 0.2) is 54.6 Å². The smallest absolute Gasteiger partial charge is 0.412 e. The van der Waals surface area contributed by atoms with Crippen molar-refractivity contribution in [2.45, 2.75) is 33.2 Å². The SMILES string of the molecule is CC(C)CC(C)NC(=O)Oc1ccc(Oc2ccccc2)cc1. The lowest BCUT2D eigenvalue weighted by Crippen LogP contribution is -2.35. The average molecular weight is 313 g/mol. The van der Waals surface area contributed by atoms with Gasteiger partial charge >= 0.3 is 6.09 Å². The van der Waals surface area contributed by atoms with E-state index in [1.54, 1.807) is 24.3 Å². The molecule has 0 bridgehead atoms. The molecule has 2 aromatic carbocycles. The Kier molecular flexibility index (Phi) is 6.03. The number of carbonyl (C=O) groups excluding carboxylic acids is 1. The van der Waals surface area contributed by atoms with Crippen LogP contribution in [0, 0.1) is 5.92 Å². The third-order valence-electron chi connectivity index (χ3n) is 3.20. The predicted molar refractivity (Wildman–Crippen MR) is 91.0 cm³/mol. The van der Waals surface area contributed by atoms with Crippen molar-refractivity contribution in [1.82, 2.24) is 5.32 Å². The van der Waals surface area contributed by atoms with E-state index in [1.807, 2.05) is 37.3 Å². The summed E-state index contributed by atoms with van der Waals surface area (Å²) in [6.07, 6.45) is 0.480. The molecule has 2 rings (SSSR count). The number of ether oxygens (including phenoxy) is 2. The van der Waals surface area contributed by atoms with Crippen LogP contribution in [0.5, 0.6) is 17.2 Å². The second kappa shape index (κ2) is 8.22. The average Bonchev–Trinajstić information content (AvgIpc) is 2.49. The van der Waals surface area contributed by atoms with Crippen molar-refractivity contribution in [1.29, 1.82) is 0 Å². The van der Waals surface area contributed by atoms with E-state index < -0.39 is 6.09 Å². The van der Waals surface area contributed by atoms with Gasteiger partial charge < -0.3 is 14.8 Å². The molecule has 1 atom stereocenters. The van der Waals surface area contributed by atoms with E-state index >= 15 is 0 Å². The van der Waals surface area contributed by atoms with Crippen LogP contribution in [-0.4, -0.2) is 12.1 Å². The summed E-state index contributed by atoms with van der Waals surface area (Å²) in [7, 11) is 0. The molecule has 0 aliphatic carbocycles. The summed E-state index contributed by atoms with van der Waals surface area (Å²) in [5, 5.41) is 2.82. The summed E-state index contributed by atoms with van der Waals surface area (Å²) in [6, 6.07) is 16.6. The Labute approximate surface area is 137 Å². The van der Waals surface area contributed by atoms with Gasteiger partial charge in [0, 0.05) is 6.04 Å². The molecule has 0 aliphatic heterocycles.